The minimum atomic E-state index is -2.79. The van der Waals surface area contributed by atoms with Gasteiger partial charge in [-0.2, -0.15) is 15.8 Å². The molecular formula is C45H28N4Si. The van der Waals surface area contributed by atoms with Crippen LogP contribution in [-0.2, 0) is 0 Å². The molecule has 1 aromatic heterocycles. The molecule has 0 radical (unpaired) electrons. The molecule has 0 bridgehead atoms. The van der Waals surface area contributed by atoms with Gasteiger partial charge in [-0.25, -0.2) is 0 Å². The Kier molecular flexibility index (Phi) is 7.63. The Labute approximate surface area is 291 Å². The van der Waals surface area contributed by atoms with Crippen LogP contribution >= 0.6 is 0 Å². The lowest BCUT2D eigenvalue weighted by molar-refractivity contribution is 1.15. The zero-order valence-corrected chi connectivity index (χ0v) is 28.0. The molecule has 4 nitrogen and oxygen atoms in total. The lowest BCUT2D eigenvalue weighted by Gasteiger charge is -2.34. The van der Waals surface area contributed by atoms with Crippen molar-refractivity contribution in [3.8, 4) is 35.0 Å². The molecule has 0 aliphatic rings. The number of aromatic nitrogens is 1. The maximum atomic E-state index is 10.7. The second-order valence-electron chi connectivity index (χ2n) is 12.3. The molecule has 50 heavy (non-hydrogen) atoms. The average molecular weight is 653 g/mol. The van der Waals surface area contributed by atoms with Crippen molar-refractivity contribution in [3.63, 3.8) is 0 Å². The summed E-state index contributed by atoms with van der Waals surface area (Å²) in [5.41, 5.74) is 5.31. The Morgan fingerprint density at radius 1 is 0.400 bits per heavy atom. The monoisotopic (exact) mass is 652 g/mol. The molecule has 0 fully saturated rings. The molecular weight excluding hydrogens is 625 g/mol. The summed E-state index contributed by atoms with van der Waals surface area (Å²) in [5, 5.41) is 37.8. The van der Waals surface area contributed by atoms with E-state index in [1.54, 1.807) is 6.07 Å². The van der Waals surface area contributed by atoms with E-state index in [1.807, 2.05) is 53.1 Å². The Bertz CT molecular complexity index is 2540. The van der Waals surface area contributed by atoms with Crippen molar-refractivity contribution in [2.24, 2.45) is 0 Å². The van der Waals surface area contributed by atoms with Gasteiger partial charge >= 0.3 is 0 Å². The van der Waals surface area contributed by atoms with E-state index in [0.29, 0.717) is 22.4 Å². The first-order chi connectivity index (χ1) is 24.7. The molecule has 0 saturated carbocycles. The fourth-order valence-corrected chi connectivity index (χ4v) is 12.3. The van der Waals surface area contributed by atoms with Gasteiger partial charge in [-0.3, -0.25) is 0 Å². The smallest absolute Gasteiger partial charge is 0.179 e. The van der Waals surface area contributed by atoms with Crippen LogP contribution < -0.4 is 20.7 Å². The maximum Gasteiger partial charge on any atom is 0.179 e. The lowest BCUT2D eigenvalue weighted by Crippen LogP contribution is -2.74. The van der Waals surface area contributed by atoms with Crippen LogP contribution in [0.1, 0.15) is 16.7 Å². The summed E-state index contributed by atoms with van der Waals surface area (Å²) < 4.78 is 1.99. The molecule has 0 amide bonds. The van der Waals surface area contributed by atoms with Crippen LogP contribution in [-0.4, -0.2) is 12.6 Å². The quantitative estimate of drug-likeness (QED) is 0.138. The van der Waals surface area contributed by atoms with E-state index in [2.05, 4.69) is 133 Å². The van der Waals surface area contributed by atoms with E-state index in [-0.39, 0.29) is 0 Å². The van der Waals surface area contributed by atoms with E-state index in [0.717, 1.165) is 32.9 Å². The first-order valence-corrected chi connectivity index (χ1v) is 18.4. The lowest BCUT2D eigenvalue weighted by atomic mass is 9.98. The number of hydrogen-bond donors (Lipinski definition) is 0. The van der Waals surface area contributed by atoms with Crippen molar-refractivity contribution >= 4 is 50.6 Å². The number of benzene rings is 7. The zero-order valence-electron chi connectivity index (χ0n) is 27.0. The number of nitriles is 3. The normalized spacial score (nSPS) is 11.1. The highest BCUT2D eigenvalue weighted by Crippen LogP contribution is 2.36. The molecule has 0 saturated heterocycles. The predicted octanol–water partition coefficient (Wildman–Crippen LogP) is 7.44. The summed E-state index contributed by atoms with van der Waals surface area (Å²) in [4.78, 5) is 0. The standard InChI is InChI=1S/C45H28N4Si/c46-29-32-23-24-44-42(25-32)41-21-10-11-22-43(41)49(44)45-35(30-47)26-34(27-36(45)31-48)33-13-12-20-40(28-33)50(37-14-4-1-5-15-37,38-16-6-2-7-17-38)39-18-8-3-9-19-39/h1-28H. The minimum absolute atomic E-state index is 0.397. The van der Waals surface area contributed by atoms with Gasteiger partial charge in [-0.05, 0) is 68.3 Å². The fourth-order valence-electron chi connectivity index (χ4n) is 7.49. The molecule has 0 unspecified atom stereocenters. The van der Waals surface area contributed by atoms with Gasteiger partial charge in [0.2, 0.25) is 0 Å². The van der Waals surface area contributed by atoms with Crippen LogP contribution in [0.2, 0.25) is 0 Å². The van der Waals surface area contributed by atoms with E-state index < -0.39 is 8.07 Å². The Hall–Kier alpha value is -6.97. The average Bonchev–Trinajstić information content (AvgIpc) is 3.52. The van der Waals surface area contributed by atoms with Gasteiger partial charge in [0, 0.05) is 10.8 Å². The van der Waals surface area contributed by atoms with E-state index in [9.17, 15) is 15.8 Å². The molecule has 5 heteroatoms. The summed E-state index contributed by atoms with van der Waals surface area (Å²) in [7, 11) is -2.79. The van der Waals surface area contributed by atoms with Gasteiger partial charge in [0.1, 0.15) is 12.1 Å². The SMILES string of the molecule is N#Cc1ccc2c(c1)c1ccccc1n2-c1c(C#N)cc(-c2cccc([Si](c3ccccc3)(c3ccccc3)c3ccccc3)c2)cc1C#N. The van der Waals surface area contributed by atoms with Gasteiger partial charge < -0.3 is 4.57 Å². The molecule has 0 spiro atoms. The first kappa shape index (κ1) is 30.4. The molecule has 0 aliphatic heterocycles. The van der Waals surface area contributed by atoms with Gasteiger partial charge in [0.25, 0.3) is 0 Å². The second-order valence-corrected chi connectivity index (χ2v) is 16.1. The van der Waals surface area contributed by atoms with Crippen LogP contribution in [0.4, 0.5) is 0 Å². The number of hydrogen-bond acceptors (Lipinski definition) is 3. The Morgan fingerprint density at radius 2 is 0.920 bits per heavy atom. The van der Waals surface area contributed by atoms with Crippen molar-refractivity contribution in [1.82, 2.24) is 4.57 Å². The highest BCUT2D eigenvalue weighted by Gasteiger charge is 2.41. The summed E-state index contributed by atoms with van der Waals surface area (Å²) in [6, 6.07) is 65.2. The van der Waals surface area contributed by atoms with Crippen molar-refractivity contribution in [2.45, 2.75) is 0 Å². The van der Waals surface area contributed by atoms with Gasteiger partial charge in [0.15, 0.2) is 8.07 Å². The second kappa shape index (κ2) is 12.6. The molecule has 0 N–H and O–H groups in total. The summed E-state index contributed by atoms with van der Waals surface area (Å²) >= 11 is 0. The summed E-state index contributed by atoms with van der Waals surface area (Å²) in [6.07, 6.45) is 0. The van der Waals surface area contributed by atoms with Gasteiger partial charge in [-0.15, -0.1) is 0 Å². The third-order valence-electron chi connectivity index (χ3n) is 9.63. The zero-order chi connectivity index (χ0) is 34.1. The number of fused-ring (bicyclic) bond motifs is 3. The highest BCUT2D eigenvalue weighted by molar-refractivity contribution is 7.19. The van der Waals surface area contributed by atoms with Gasteiger partial charge in [-0.1, -0.05) is 133 Å². The largest absolute Gasteiger partial charge is 0.307 e. The van der Waals surface area contributed by atoms with Crippen molar-refractivity contribution in [2.75, 3.05) is 0 Å². The maximum absolute atomic E-state index is 10.7. The summed E-state index contributed by atoms with van der Waals surface area (Å²) in [5.74, 6) is 0. The first-order valence-electron chi connectivity index (χ1n) is 16.4. The van der Waals surface area contributed by atoms with E-state index >= 15 is 0 Å². The fraction of sp³-hybridized carbons (Fsp3) is 0. The molecule has 8 aromatic rings. The van der Waals surface area contributed by atoms with Crippen LogP contribution in [0.5, 0.6) is 0 Å². The molecule has 232 valence electrons. The molecule has 7 aromatic carbocycles. The number of para-hydroxylation sites is 1. The van der Waals surface area contributed by atoms with E-state index in [1.165, 1.54) is 20.7 Å². The Balaban J connectivity index is 1.37. The number of rotatable bonds is 6. The molecule has 0 aliphatic carbocycles. The minimum Gasteiger partial charge on any atom is -0.307 e. The molecule has 1 heterocycles. The number of nitrogens with zero attached hydrogens (tertiary/aromatic N) is 4. The van der Waals surface area contributed by atoms with Crippen LogP contribution in [0, 0.1) is 34.0 Å². The summed E-state index contributed by atoms with van der Waals surface area (Å²) in [6.45, 7) is 0. The van der Waals surface area contributed by atoms with Crippen molar-refractivity contribution in [1.29, 1.82) is 15.8 Å². The van der Waals surface area contributed by atoms with Crippen LogP contribution in [0.25, 0.3) is 38.6 Å². The topological polar surface area (TPSA) is 76.3 Å². The highest BCUT2D eigenvalue weighted by atomic mass is 28.3. The van der Waals surface area contributed by atoms with Crippen molar-refractivity contribution in [3.05, 3.63) is 187 Å². The third kappa shape index (κ3) is 4.80. The van der Waals surface area contributed by atoms with Gasteiger partial charge in [0.05, 0.1) is 39.5 Å². The third-order valence-corrected chi connectivity index (χ3v) is 14.4. The van der Waals surface area contributed by atoms with Crippen LogP contribution in [0.15, 0.2) is 170 Å². The van der Waals surface area contributed by atoms with Crippen molar-refractivity contribution < 1.29 is 0 Å². The molecule has 0 atom stereocenters. The Morgan fingerprint density at radius 3 is 1.48 bits per heavy atom. The predicted molar refractivity (Wildman–Crippen MR) is 204 cm³/mol. The van der Waals surface area contributed by atoms with Crippen LogP contribution in [0.3, 0.4) is 0 Å². The molecule has 8 rings (SSSR count). The van der Waals surface area contributed by atoms with E-state index in [4.69, 9.17) is 0 Å².